The second-order valence-electron chi connectivity index (χ2n) is 4.20. The molecule has 0 aromatic heterocycles. The average Bonchev–Trinajstić information content (AvgIpc) is 2.75. The minimum absolute atomic E-state index is 0.0346. The smallest absolute Gasteiger partial charge is 0.319 e. The Balaban J connectivity index is 1.84. The molecule has 96 valence electrons. The Kier molecular flexibility index (Phi) is 3.78. The molecule has 0 saturated carbocycles. The molecule has 1 atom stereocenters. The van der Waals surface area contributed by atoms with E-state index in [1.807, 2.05) is 12.1 Å². The van der Waals surface area contributed by atoms with E-state index in [-0.39, 0.29) is 18.0 Å². The molecule has 0 bridgehead atoms. The molecule has 18 heavy (non-hydrogen) atoms. The molecule has 5 N–H and O–H groups in total. The van der Waals surface area contributed by atoms with Crippen molar-refractivity contribution >= 4 is 17.6 Å². The van der Waals surface area contributed by atoms with E-state index in [1.165, 1.54) is 0 Å². The van der Waals surface area contributed by atoms with Gasteiger partial charge in [0.1, 0.15) is 0 Å². The van der Waals surface area contributed by atoms with Gasteiger partial charge in [-0.05, 0) is 17.7 Å². The summed E-state index contributed by atoms with van der Waals surface area (Å²) in [7, 11) is 0. The number of nitrogens with two attached hydrogens (primary N) is 1. The molecule has 3 amide bonds. The lowest BCUT2D eigenvalue weighted by Gasteiger charge is -2.11. The molecular formula is C12H16N4O2. The molecular weight excluding hydrogens is 232 g/mol. The maximum atomic E-state index is 11.6. The predicted molar refractivity (Wildman–Crippen MR) is 67.9 cm³/mol. The molecule has 1 aliphatic heterocycles. The first-order valence-electron chi connectivity index (χ1n) is 5.80. The third kappa shape index (κ3) is 3.21. The van der Waals surface area contributed by atoms with Crippen LogP contribution in [0.4, 0.5) is 10.5 Å². The van der Waals surface area contributed by atoms with E-state index >= 15 is 0 Å². The number of benzene rings is 1. The van der Waals surface area contributed by atoms with Gasteiger partial charge >= 0.3 is 6.03 Å². The van der Waals surface area contributed by atoms with Crippen LogP contribution < -0.4 is 21.7 Å². The van der Waals surface area contributed by atoms with Crippen molar-refractivity contribution in [3.63, 3.8) is 0 Å². The van der Waals surface area contributed by atoms with Gasteiger partial charge in [0, 0.05) is 25.2 Å². The van der Waals surface area contributed by atoms with E-state index in [0.717, 1.165) is 5.56 Å². The Morgan fingerprint density at radius 2 is 2.11 bits per heavy atom. The van der Waals surface area contributed by atoms with Crippen molar-refractivity contribution in [1.82, 2.24) is 10.6 Å². The van der Waals surface area contributed by atoms with E-state index in [9.17, 15) is 9.59 Å². The summed E-state index contributed by atoms with van der Waals surface area (Å²) in [6, 6.07) is 6.85. The van der Waals surface area contributed by atoms with Crippen LogP contribution in [0.1, 0.15) is 12.0 Å². The minimum Gasteiger partial charge on any atom is -0.354 e. The van der Waals surface area contributed by atoms with Gasteiger partial charge in [-0.2, -0.15) is 0 Å². The van der Waals surface area contributed by atoms with E-state index in [1.54, 1.807) is 12.1 Å². The second-order valence-corrected chi connectivity index (χ2v) is 4.20. The largest absolute Gasteiger partial charge is 0.354 e. The molecule has 6 nitrogen and oxygen atoms in total. The molecule has 1 aliphatic rings. The number of anilines is 1. The lowest BCUT2D eigenvalue weighted by atomic mass is 10.2. The molecule has 0 spiro atoms. The average molecular weight is 248 g/mol. The van der Waals surface area contributed by atoms with Crippen LogP contribution in [0.2, 0.25) is 0 Å². The summed E-state index contributed by atoms with van der Waals surface area (Å²) in [5.74, 6) is -0.0346. The number of hydrogen-bond acceptors (Lipinski definition) is 3. The van der Waals surface area contributed by atoms with Gasteiger partial charge in [0.15, 0.2) is 0 Å². The highest BCUT2D eigenvalue weighted by atomic mass is 16.2. The number of carbonyl (C=O) groups excluding carboxylic acids is 2. The highest BCUT2D eigenvalue weighted by Crippen LogP contribution is 2.09. The monoisotopic (exact) mass is 248 g/mol. The first-order chi connectivity index (χ1) is 8.67. The predicted octanol–water partition coefficient (Wildman–Crippen LogP) is 0.155. The molecule has 2 rings (SSSR count). The highest BCUT2D eigenvalue weighted by Gasteiger charge is 2.22. The highest BCUT2D eigenvalue weighted by molar-refractivity contribution is 5.90. The van der Waals surface area contributed by atoms with E-state index in [2.05, 4.69) is 16.0 Å². The maximum absolute atomic E-state index is 11.6. The summed E-state index contributed by atoms with van der Waals surface area (Å²) < 4.78 is 0. The first kappa shape index (κ1) is 12.4. The van der Waals surface area contributed by atoms with Crippen LogP contribution in [-0.2, 0) is 11.3 Å². The van der Waals surface area contributed by atoms with Gasteiger partial charge in [0.05, 0.1) is 6.04 Å². The van der Waals surface area contributed by atoms with Gasteiger partial charge in [-0.1, -0.05) is 12.1 Å². The van der Waals surface area contributed by atoms with Crippen molar-refractivity contribution in [1.29, 1.82) is 0 Å². The fourth-order valence-electron chi connectivity index (χ4n) is 1.78. The number of amides is 3. The normalized spacial score (nSPS) is 18.3. The van der Waals surface area contributed by atoms with Gasteiger partial charge in [-0.15, -0.1) is 0 Å². The third-order valence-electron chi connectivity index (χ3n) is 2.76. The summed E-state index contributed by atoms with van der Waals surface area (Å²) in [6.45, 7) is 0.959. The maximum Gasteiger partial charge on any atom is 0.319 e. The standard InChI is InChI=1S/C12H16N4O2/c13-6-8-1-3-9(4-2-8)15-12(18)16-10-5-11(17)14-7-10/h1-4,10H,5-7,13H2,(H,14,17)(H2,15,16,18). The third-order valence-corrected chi connectivity index (χ3v) is 2.76. The number of nitrogens with one attached hydrogen (secondary N) is 3. The summed E-state index contributed by atoms with van der Waals surface area (Å²) in [4.78, 5) is 22.6. The Hall–Kier alpha value is -2.08. The Bertz CT molecular complexity index is 444. The zero-order valence-corrected chi connectivity index (χ0v) is 9.90. The Morgan fingerprint density at radius 3 is 2.67 bits per heavy atom. The molecule has 0 radical (unpaired) electrons. The van der Waals surface area contributed by atoms with Crippen molar-refractivity contribution in [2.45, 2.75) is 19.0 Å². The summed E-state index contributed by atoms with van der Waals surface area (Å²) >= 11 is 0. The summed E-state index contributed by atoms with van der Waals surface area (Å²) in [5.41, 5.74) is 7.19. The Labute approximate surface area is 105 Å². The van der Waals surface area contributed by atoms with Gasteiger partial charge in [-0.3, -0.25) is 4.79 Å². The van der Waals surface area contributed by atoms with E-state index < -0.39 is 0 Å². The Morgan fingerprint density at radius 1 is 1.39 bits per heavy atom. The van der Waals surface area contributed by atoms with Crippen LogP contribution in [0.3, 0.4) is 0 Å². The molecule has 1 unspecified atom stereocenters. The van der Waals surface area contributed by atoms with E-state index in [0.29, 0.717) is 25.2 Å². The van der Waals surface area contributed by atoms with Crippen molar-refractivity contribution in [2.24, 2.45) is 5.73 Å². The van der Waals surface area contributed by atoms with Crippen LogP contribution in [0.25, 0.3) is 0 Å². The zero-order valence-electron chi connectivity index (χ0n) is 9.90. The fraction of sp³-hybridized carbons (Fsp3) is 0.333. The number of urea groups is 1. The molecule has 1 heterocycles. The topological polar surface area (TPSA) is 96.2 Å². The van der Waals surface area contributed by atoms with Crippen LogP contribution in [0.15, 0.2) is 24.3 Å². The first-order valence-corrected chi connectivity index (χ1v) is 5.80. The summed E-state index contributed by atoms with van der Waals surface area (Å²) in [6.07, 6.45) is 0.333. The van der Waals surface area contributed by atoms with Crippen molar-refractivity contribution in [3.05, 3.63) is 29.8 Å². The van der Waals surface area contributed by atoms with Crippen molar-refractivity contribution < 1.29 is 9.59 Å². The molecule has 6 heteroatoms. The number of carbonyl (C=O) groups is 2. The lowest BCUT2D eigenvalue weighted by molar-refractivity contribution is -0.119. The summed E-state index contributed by atoms with van der Waals surface area (Å²) in [5, 5.41) is 8.09. The second kappa shape index (κ2) is 5.50. The van der Waals surface area contributed by atoms with E-state index in [4.69, 9.17) is 5.73 Å². The number of rotatable bonds is 3. The SMILES string of the molecule is NCc1ccc(NC(=O)NC2CNC(=O)C2)cc1. The van der Waals surface area contributed by atoms with Crippen molar-refractivity contribution in [2.75, 3.05) is 11.9 Å². The number of hydrogen-bond donors (Lipinski definition) is 4. The quantitative estimate of drug-likeness (QED) is 0.613. The molecule has 1 aromatic carbocycles. The van der Waals surface area contributed by atoms with Crippen molar-refractivity contribution in [3.8, 4) is 0 Å². The van der Waals surface area contributed by atoms with Gasteiger partial charge in [-0.25, -0.2) is 4.79 Å². The van der Waals surface area contributed by atoms with Crippen LogP contribution >= 0.6 is 0 Å². The fourth-order valence-corrected chi connectivity index (χ4v) is 1.78. The molecule has 1 aromatic rings. The minimum atomic E-state index is -0.308. The van der Waals surface area contributed by atoms with Crippen LogP contribution in [-0.4, -0.2) is 24.5 Å². The molecule has 0 aliphatic carbocycles. The molecule has 1 fully saturated rings. The van der Waals surface area contributed by atoms with Gasteiger partial charge in [0.2, 0.25) is 5.91 Å². The van der Waals surface area contributed by atoms with Gasteiger partial charge in [0.25, 0.3) is 0 Å². The van der Waals surface area contributed by atoms with Crippen LogP contribution in [0, 0.1) is 0 Å². The zero-order chi connectivity index (χ0) is 13.0. The molecule has 1 saturated heterocycles. The lowest BCUT2D eigenvalue weighted by Crippen LogP contribution is -2.39. The van der Waals surface area contributed by atoms with Gasteiger partial charge < -0.3 is 21.7 Å². The van der Waals surface area contributed by atoms with Crippen LogP contribution in [0.5, 0.6) is 0 Å².